The minimum Gasteiger partial charge on any atom is -0.391 e. The number of rotatable bonds is 1. The summed E-state index contributed by atoms with van der Waals surface area (Å²) in [5.41, 5.74) is 0.431. The summed E-state index contributed by atoms with van der Waals surface area (Å²) in [5.74, 6) is 0.994. The van der Waals surface area contributed by atoms with E-state index in [4.69, 9.17) is 0 Å². The van der Waals surface area contributed by atoms with Crippen molar-refractivity contribution in [1.29, 1.82) is 0 Å². The molecule has 88 valence electrons. The summed E-state index contributed by atoms with van der Waals surface area (Å²) < 4.78 is 15.5. The van der Waals surface area contributed by atoms with Gasteiger partial charge in [-0.25, -0.2) is 4.39 Å². The molecule has 1 aromatic carbocycles. The van der Waals surface area contributed by atoms with Crippen LogP contribution >= 0.6 is 0 Å². The fourth-order valence-electron chi connectivity index (χ4n) is 2.15. The number of hydrogen-bond donors (Lipinski definition) is 1. The van der Waals surface area contributed by atoms with Gasteiger partial charge in [-0.15, -0.1) is 10.2 Å². The van der Waals surface area contributed by atoms with Crippen LogP contribution in [0, 0.1) is 5.82 Å². The number of aliphatic hydroxyl groups is 1. The van der Waals surface area contributed by atoms with Crippen LogP contribution in [-0.4, -0.2) is 26.0 Å². The Balaban J connectivity index is 2.11. The van der Waals surface area contributed by atoms with Crippen molar-refractivity contribution >= 4 is 0 Å². The Morgan fingerprint density at radius 1 is 1.29 bits per heavy atom. The van der Waals surface area contributed by atoms with Gasteiger partial charge in [-0.2, -0.15) is 0 Å². The number of nitrogens with zero attached hydrogens (tertiary/aromatic N) is 3. The first-order valence-electron chi connectivity index (χ1n) is 5.61. The Kier molecular flexibility index (Phi) is 2.40. The van der Waals surface area contributed by atoms with Gasteiger partial charge in [-0.1, -0.05) is 12.1 Å². The topological polar surface area (TPSA) is 50.9 Å². The van der Waals surface area contributed by atoms with E-state index in [9.17, 15) is 9.50 Å². The molecule has 0 aliphatic carbocycles. The number of benzene rings is 1. The Labute approximate surface area is 97.7 Å². The third-order valence-corrected chi connectivity index (χ3v) is 3.04. The van der Waals surface area contributed by atoms with Gasteiger partial charge in [0.1, 0.15) is 11.6 Å². The number of aryl methyl sites for hydroxylation is 1. The third-order valence-electron chi connectivity index (χ3n) is 3.04. The summed E-state index contributed by atoms with van der Waals surface area (Å²) in [6.07, 6.45) is 0.974. The van der Waals surface area contributed by atoms with Crippen LogP contribution in [0.5, 0.6) is 0 Å². The van der Waals surface area contributed by atoms with E-state index in [-0.39, 0.29) is 5.82 Å². The molecule has 1 aromatic heterocycles. The molecule has 17 heavy (non-hydrogen) atoms. The molecule has 1 N–H and O–H groups in total. The molecule has 1 aliphatic heterocycles. The summed E-state index contributed by atoms with van der Waals surface area (Å²) >= 11 is 0. The van der Waals surface area contributed by atoms with Crippen molar-refractivity contribution in [2.45, 2.75) is 25.5 Å². The maximum absolute atomic E-state index is 13.7. The first-order chi connectivity index (χ1) is 8.25. The van der Waals surface area contributed by atoms with Crippen molar-refractivity contribution in [3.63, 3.8) is 0 Å². The second-order valence-corrected chi connectivity index (χ2v) is 4.22. The van der Waals surface area contributed by atoms with Crippen LogP contribution in [0.4, 0.5) is 4.39 Å². The molecule has 0 amide bonds. The number of fused-ring (bicyclic) bond motifs is 1. The molecule has 0 fully saturated rings. The van der Waals surface area contributed by atoms with Gasteiger partial charge < -0.3 is 9.67 Å². The minimum atomic E-state index is -0.399. The van der Waals surface area contributed by atoms with Gasteiger partial charge in [-0.3, -0.25) is 0 Å². The van der Waals surface area contributed by atoms with E-state index in [0.717, 1.165) is 5.82 Å². The predicted octanol–water partition coefficient (Wildman–Crippen LogP) is 1.39. The van der Waals surface area contributed by atoms with E-state index in [1.165, 1.54) is 6.07 Å². The lowest BCUT2D eigenvalue weighted by Gasteiger charge is -2.20. The molecule has 0 spiro atoms. The number of aromatic nitrogens is 3. The fourth-order valence-corrected chi connectivity index (χ4v) is 2.15. The van der Waals surface area contributed by atoms with Crippen LogP contribution in [0.25, 0.3) is 11.4 Å². The Hall–Kier alpha value is -1.75. The lowest BCUT2D eigenvalue weighted by Crippen LogP contribution is -2.24. The Morgan fingerprint density at radius 2 is 2.12 bits per heavy atom. The van der Waals surface area contributed by atoms with Crippen LogP contribution in [0.1, 0.15) is 12.2 Å². The van der Waals surface area contributed by atoms with Crippen LogP contribution in [0.2, 0.25) is 0 Å². The van der Waals surface area contributed by atoms with E-state index in [2.05, 4.69) is 10.2 Å². The molecule has 3 rings (SSSR count). The van der Waals surface area contributed by atoms with Gasteiger partial charge in [0.05, 0.1) is 18.2 Å². The van der Waals surface area contributed by atoms with E-state index in [1.807, 2.05) is 0 Å². The molecule has 5 heteroatoms. The van der Waals surface area contributed by atoms with E-state index in [1.54, 1.807) is 22.8 Å². The van der Waals surface area contributed by atoms with Gasteiger partial charge in [-0.05, 0) is 18.6 Å². The van der Waals surface area contributed by atoms with Gasteiger partial charge in [0.25, 0.3) is 0 Å². The monoisotopic (exact) mass is 233 g/mol. The molecule has 2 aromatic rings. The van der Waals surface area contributed by atoms with Crippen LogP contribution in [0.3, 0.4) is 0 Å². The normalized spacial score (nSPS) is 19.1. The first-order valence-corrected chi connectivity index (χ1v) is 5.61. The lowest BCUT2D eigenvalue weighted by atomic mass is 10.1. The van der Waals surface area contributed by atoms with Crippen molar-refractivity contribution in [3.8, 4) is 11.4 Å². The van der Waals surface area contributed by atoms with Crippen molar-refractivity contribution < 1.29 is 9.50 Å². The van der Waals surface area contributed by atoms with Crippen LogP contribution in [-0.2, 0) is 13.0 Å². The molecule has 0 saturated carbocycles. The maximum Gasteiger partial charge on any atom is 0.167 e. The minimum absolute atomic E-state index is 0.317. The Morgan fingerprint density at radius 3 is 2.94 bits per heavy atom. The van der Waals surface area contributed by atoms with Gasteiger partial charge in [0.2, 0.25) is 0 Å². The van der Waals surface area contributed by atoms with E-state index in [0.29, 0.717) is 30.8 Å². The quantitative estimate of drug-likeness (QED) is 0.809. The summed E-state index contributed by atoms with van der Waals surface area (Å²) in [5, 5.41) is 17.7. The summed E-state index contributed by atoms with van der Waals surface area (Å²) in [6.45, 7) is 0.437. The van der Waals surface area contributed by atoms with Crippen LogP contribution in [0.15, 0.2) is 24.3 Å². The predicted molar refractivity (Wildman–Crippen MR) is 59.7 cm³/mol. The molecule has 0 radical (unpaired) electrons. The average Bonchev–Trinajstić information content (AvgIpc) is 2.72. The zero-order chi connectivity index (χ0) is 11.8. The fraction of sp³-hybridized carbons (Fsp3) is 0.333. The smallest absolute Gasteiger partial charge is 0.167 e. The van der Waals surface area contributed by atoms with Crippen molar-refractivity contribution in [2.24, 2.45) is 0 Å². The van der Waals surface area contributed by atoms with Gasteiger partial charge in [0.15, 0.2) is 5.82 Å². The molecular formula is C12H12FN3O. The maximum atomic E-state index is 13.7. The molecular weight excluding hydrogens is 221 g/mol. The highest BCUT2D eigenvalue weighted by Crippen LogP contribution is 2.24. The standard InChI is InChI=1S/C12H12FN3O/c13-10-4-2-1-3-9(10)12-15-14-11-6-5-8(17)7-16(11)12/h1-4,8,17H,5-7H2. The first kappa shape index (κ1) is 10.4. The number of hydrogen-bond acceptors (Lipinski definition) is 3. The van der Waals surface area contributed by atoms with Gasteiger partial charge in [0, 0.05) is 6.42 Å². The highest BCUT2D eigenvalue weighted by molar-refractivity contribution is 5.56. The number of halogens is 1. The summed E-state index contributed by atoms with van der Waals surface area (Å²) in [7, 11) is 0. The summed E-state index contributed by atoms with van der Waals surface area (Å²) in [4.78, 5) is 0. The second kappa shape index (κ2) is 3.92. The second-order valence-electron chi connectivity index (χ2n) is 4.22. The number of aliphatic hydroxyl groups excluding tert-OH is 1. The molecule has 4 nitrogen and oxygen atoms in total. The van der Waals surface area contributed by atoms with Gasteiger partial charge >= 0.3 is 0 Å². The summed E-state index contributed by atoms with van der Waals surface area (Å²) in [6, 6.07) is 6.48. The van der Waals surface area contributed by atoms with E-state index < -0.39 is 6.10 Å². The largest absolute Gasteiger partial charge is 0.391 e. The van der Waals surface area contributed by atoms with Crippen molar-refractivity contribution in [2.75, 3.05) is 0 Å². The molecule has 0 bridgehead atoms. The Bertz CT molecular complexity index is 552. The van der Waals surface area contributed by atoms with Crippen LogP contribution < -0.4 is 0 Å². The zero-order valence-electron chi connectivity index (χ0n) is 9.17. The highest BCUT2D eigenvalue weighted by atomic mass is 19.1. The lowest BCUT2D eigenvalue weighted by molar-refractivity contribution is 0.131. The average molecular weight is 233 g/mol. The molecule has 1 unspecified atom stereocenters. The SMILES string of the molecule is OC1CCc2nnc(-c3ccccc3F)n2C1. The van der Waals surface area contributed by atoms with Crippen molar-refractivity contribution in [3.05, 3.63) is 35.9 Å². The zero-order valence-corrected chi connectivity index (χ0v) is 9.17. The highest BCUT2D eigenvalue weighted by Gasteiger charge is 2.22. The van der Waals surface area contributed by atoms with Crippen molar-refractivity contribution in [1.82, 2.24) is 14.8 Å². The molecule has 1 atom stereocenters. The molecule has 2 heterocycles. The molecule has 1 aliphatic rings. The van der Waals surface area contributed by atoms with E-state index >= 15 is 0 Å². The molecule has 0 saturated heterocycles. The third kappa shape index (κ3) is 1.72.